The molecule has 0 radical (unpaired) electrons. The fourth-order valence-electron chi connectivity index (χ4n) is 5.83. The van der Waals surface area contributed by atoms with Crippen LogP contribution in [0.2, 0.25) is 0 Å². The van der Waals surface area contributed by atoms with Crippen LogP contribution < -0.4 is 15.4 Å². The number of alkyl carbamates (subject to hydrolysis) is 1. The van der Waals surface area contributed by atoms with Crippen molar-refractivity contribution in [2.45, 2.75) is 95.8 Å². The molecular formula is C40H44F4N6O4S. The van der Waals surface area contributed by atoms with E-state index in [1.807, 2.05) is 20.8 Å². The molecule has 15 heteroatoms. The van der Waals surface area contributed by atoms with Crippen LogP contribution >= 0.6 is 0 Å². The minimum Gasteiger partial charge on any atom is -0.598 e. The average molecular weight is 781 g/mol. The van der Waals surface area contributed by atoms with E-state index in [-0.39, 0.29) is 17.9 Å². The summed E-state index contributed by atoms with van der Waals surface area (Å²) in [4.78, 5) is 26.1. The molecule has 0 spiro atoms. The Morgan fingerprint density at radius 2 is 1.65 bits per heavy atom. The van der Waals surface area contributed by atoms with E-state index in [0.717, 1.165) is 30.0 Å². The van der Waals surface area contributed by atoms with Crippen molar-refractivity contribution < 1.29 is 36.4 Å². The molecule has 1 fully saturated rings. The van der Waals surface area contributed by atoms with Gasteiger partial charge in [-0.15, -0.1) is 4.72 Å². The minimum atomic E-state index is -4.92. The van der Waals surface area contributed by atoms with Gasteiger partial charge in [0.05, 0.1) is 23.0 Å². The number of alkyl halides is 3. The predicted molar refractivity (Wildman–Crippen MR) is 201 cm³/mol. The number of benzene rings is 3. The molecule has 1 aliphatic rings. The van der Waals surface area contributed by atoms with Crippen molar-refractivity contribution >= 4 is 29.0 Å². The summed E-state index contributed by atoms with van der Waals surface area (Å²) >= 11 is -1.65. The van der Waals surface area contributed by atoms with Gasteiger partial charge in [-0.25, -0.2) is 13.9 Å². The van der Waals surface area contributed by atoms with Gasteiger partial charge in [0.15, 0.2) is 5.69 Å². The molecule has 2 amide bonds. The van der Waals surface area contributed by atoms with Crippen molar-refractivity contribution in [3.05, 3.63) is 112 Å². The van der Waals surface area contributed by atoms with Crippen LogP contribution in [0, 0.1) is 23.1 Å². The molecule has 292 valence electrons. The number of nitrogens with zero attached hydrogens (tertiary/aromatic N) is 3. The molecule has 0 bridgehead atoms. The Kier molecular flexibility index (Phi) is 12.0. The number of halogens is 4. The number of hydrogen-bond donors (Lipinski definition) is 3. The number of nitrogens with one attached hydrogen (secondary N) is 3. The first-order chi connectivity index (χ1) is 25.7. The van der Waals surface area contributed by atoms with Gasteiger partial charge < -0.3 is 19.9 Å². The number of carbonyl (C=O) groups is 2. The fraction of sp³-hybridized carbons (Fsp3) is 0.400. The molecule has 1 heterocycles. The lowest BCUT2D eigenvalue weighted by Crippen LogP contribution is -2.52. The quantitative estimate of drug-likeness (QED) is 0.0964. The molecule has 3 N–H and O–H groups in total. The van der Waals surface area contributed by atoms with Gasteiger partial charge in [-0.2, -0.15) is 23.5 Å². The van der Waals surface area contributed by atoms with Crippen LogP contribution in [0.3, 0.4) is 0 Å². The number of nitriles is 1. The molecular weight excluding hydrogens is 737 g/mol. The lowest BCUT2D eigenvalue weighted by atomic mass is 9.79. The molecule has 1 aromatic heterocycles. The van der Waals surface area contributed by atoms with Crippen LogP contribution in [0.15, 0.2) is 72.8 Å². The summed E-state index contributed by atoms with van der Waals surface area (Å²) in [5.74, 6) is -1.50. The number of hydrogen-bond acceptors (Lipinski definition) is 7. The third kappa shape index (κ3) is 10.4. The van der Waals surface area contributed by atoms with Gasteiger partial charge in [0.2, 0.25) is 0 Å². The summed E-state index contributed by atoms with van der Waals surface area (Å²) in [7, 11) is 0. The Hall–Kier alpha value is -4.91. The topological polar surface area (TPSA) is 144 Å². The van der Waals surface area contributed by atoms with E-state index in [9.17, 15) is 32.6 Å². The predicted octanol–water partition coefficient (Wildman–Crippen LogP) is 8.66. The minimum absolute atomic E-state index is 0.0363. The second-order valence-electron chi connectivity index (χ2n) is 15.6. The van der Waals surface area contributed by atoms with Crippen molar-refractivity contribution in [3.63, 3.8) is 0 Å². The van der Waals surface area contributed by atoms with E-state index in [2.05, 4.69) is 26.5 Å². The second-order valence-corrected chi connectivity index (χ2v) is 17.5. The second kappa shape index (κ2) is 16.1. The van der Waals surface area contributed by atoms with Crippen LogP contribution in [0.4, 0.5) is 28.0 Å². The highest BCUT2D eigenvalue weighted by Crippen LogP contribution is 2.43. The Morgan fingerprint density at radius 1 is 0.982 bits per heavy atom. The zero-order chi connectivity index (χ0) is 40.3. The number of amides is 2. The van der Waals surface area contributed by atoms with Crippen molar-refractivity contribution in [1.82, 2.24) is 19.8 Å². The Balaban J connectivity index is 1.54. The van der Waals surface area contributed by atoms with Gasteiger partial charge in [-0.1, -0.05) is 43.2 Å². The summed E-state index contributed by atoms with van der Waals surface area (Å²) in [5.41, 5.74) is -2.08. The maximum atomic E-state index is 15.7. The maximum absolute atomic E-state index is 15.7. The molecule has 55 heavy (non-hydrogen) atoms. The van der Waals surface area contributed by atoms with Crippen LogP contribution in [0.5, 0.6) is 0 Å². The molecule has 1 unspecified atom stereocenters. The first kappa shape index (κ1) is 41.3. The van der Waals surface area contributed by atoms with Crippen molar-refractivity contribution in [2.75, 3.05) is 5.32 Å². The van der Waals surface area contributed by atoms with E-state index in [1.165, 1.54) is 30.3 Å². The monoisotopic (exact) mass is 780 g/mol. The Labute approximate surface area is 321 Å². The van der Waals surface area contributed by atoms with E-state index >= 15 is 4.39 Å². The van der Waals surface area contributed by atoms with Crippen LogP contribution in [0.25, 0.3) is 5.69 Å². The standard InChI is InChI=1S/C40H44F4N6O4S/c1-37(2,3)54-36(52)46-24-27-8-7-9-30(20-27)50-33(22-34(48-50)40(42,43)44)35(51)47-32-21-29(16-17-31(32)41)39(19-18-25-10-11-25,49-55(53)38(4,5)6)28-14-12-26(23-45)13-15-28/h7-9,12-17,20-22,25,49H,10-11,18-19,24H2,1-6H3,(H,46,52)(H,47,51)/t39-,55?/m0/s1. The summed E-state index contributed by atoms with van der Waals surface area (Å²) < 4.78 is 80.2. The third-order valence-electron chi connectivity index (χ3n) is 8.89. The molecule has 1 saturated carbocycles. The lowest BCUT2D eigenvalue weighted by Gasteiger charge is -2.39. The summed E-state index contributed by atoms with van der Waals surface area (Å²) in [6.07, 6.45) is -2.38. The largest absolute Gasteiger partial charge is 0.598 e. The van der Waals surface area contributed by atoms with Gasteiger partial charge in [0.25, 0.3) is 5.91 Å². The zero-order valence-corrected chi connectivity index (χ0v) is 32.3. The Morgan fingerprint density at radius 3 is 2.25 bits per heavy atom. The van der Waals surface area contributed by atoms with E-state index in [1.54, 1.807) is 51.1 Å². The van der Waals surface area contributed by atoms with Crippen molar-refractivity contribution in [2.24, 2.45) is 5.92 Å². The average Bonchev–Trinajstić information content (AvgIpc) is 3.82. The first-order valence-corrected chi connectivity index (χ1v) is 18.9. The van der Waals surface area contributed by atoms with Crippen molar-refractivity contribution in [1.29, 1.82) is 5.26 Å². The fourth-order valence-corrected chi connectivity index (χ4v) is 6.79. The van der Waals surface area contributed by atoms with E-state index < -0.39 is 62.6 Å². The van der Waals surface area contributed by atoms with Gasteiger partial charge in [0, 0.05) is 24.0 Å². The lowest BCUT2D eigenvalue weighted by molar-refractivity contribution is -0.141. The summed E-state index contributed by atoms with van der Waals surface area (Å²) in [6, 6.07) is 19.5. The number of ether oxygens (including phenoxy) is 1. The molecule has 10 nitrogen and oxygen atoms in total. The number of aromatic nitrogens is 2. The number of anilines is 1. The highest BCUT2D eigenvalue weighted by atomic mass is 32.2. The smallest absolute Gasteiger partial charge is 0.435 e. The van der Waals surface area contributed by atoms with Gasteiger partial charge in [-0.3, -0.25) is 4.79 Å². The highest BCUT2D eigenvalue weighted by Gasteiger charge is 2.44. The maximum Gasteiger partial charge on any atom is 0.435 e. The van der Waals surface area contributed by atoms with Crippen LogP contribution in [-0.2, 0) is 34.4 Å². The van der Waals surface area contributed by atoms with E-state index in [4.69, 9.17) is 4.74 Å². The van der Waals surface area contributed by atoms with E-state index in [0.29, 0.717) is 40.7 Å². The normalized spacial score (nSPS) is 15.1. The number of carbonyl (C=O) groups excluding carboxylic acids is 2. The van der Waals surface area contributed by atoms with Crippen LogP contribution in [0.1, 0.15) is 106 Å². The molecule has 1 aliphatic carbocycles. The molecule has 2 atom stereocenters. The van der Waals surface area contributed by atoms with Crippen molar-refractivity contribution in [3.8, 4) is 11.8 Å². The molecule has 4 aromatic rings. The first-order valence-electron chi connectivity index (χ1n) is 17.7. The zero-order valence-electron chi connectivity index (χ0n) is 31.4. The third-order valence-corrected chi connectivity index (χ3v) is 10.5. The molecule has 0 aliphatic heterocycles. The Bertz CT molecular complexity index is 2060. The highest BCUT2D eigenvalue weighted by molar-refractivity contribution is 7.90. The molecule has 3 aromatic carbocycles. The SMILES string of the molecule is CC(C)(C)OC(=O)NCc1cccc(-n2nc(C(F)(F)F)cc2C(=O)Nc2cc([C@@](CCC3CC3)(N[S+]([O-])C(C)(C)C)c3ccc(C#N)cc3)ccc2F)c1. The number of rotatable bonds is 12. The van der Waals surface area contributed by atoms with Gasteiger partial charge >= 0.3 is 12.3 Å². The summed E-state index contributed by atoms with van der Waals surface area (Å²) in [5, 5.41) is 18.2. The van der Waals surface area contributed by atoms with Gasteiger partial charge in [-0.05, 0) is 113 Å². The molecule has 5 rings (SSSR count). The van der Waals surface area contributed by atoms with Crippen LogP contribution in [-0.4, -0.2) is 36.7 Å². The summed E-state index contributed by atoms with van der Waals surface area (Å²) in [6.45, 7) is 10.5. The molecule has 0 saturated heterocycles. The van der Waals surface area contributed by atoms with Gasteiger partial charge in [0.1, 0.15) is 27.4 Å².